The molecule has 1 aromatic rings. The van der Waals surface area contributed by atoms with Crippen LogP contribution in [0.15, 0.2) is 23.4 Å². The Kier molecular flexibility index (Phi) is 4.37. The Bertz CT molecular complexity index is 476. The minimum absolute atomic E-state index is 0.0800. The molecule has 0 aliphatic heterocycles. The molecule has 4 nitrogen and oxygen atoms in total. The van der Waals surface area contributed by atoms with Gasteiger partial charge in [0, 0.05) is 23.7 Å². The predicted octanol–water partition coefficient (Wildman–Crippen LogP) is 2.20. The minimum atomic E-state index is -0.329. The molecule has 1 saturated carbocycles. The first-order chi connectivity index (χ1) is 9.15. The van der Waals surface area contributed by atoms with Crippen molar-refractivity contribution in [3.8, 4) is 0 Å². The number of oxime groups is 1. The third-order valence-corrected chi connectivity index (χ3v) is 3.59. The second-order valence-electron chi connectivity index (χ2n) is 5.06. The molecule has 0 saturated heterocycles. The van der Waals surface area contributed by atoms with E-state index in [9.17, 15) is 4.39 Å². The van der Waals surface area contributed by atoms with Gasteiger partial charge < -0.3 is 16.3 Å². The average Bonchev–Trinajstić information content (AvgIpc) is 3.15. The summed E-state index contributed by atoms with van der Waals surface area (Å²) in [7, 11) is 0. The molecule has 4 N–H and O–H groups in total. The maximum atomic E-state index is 13.8. The van der Waals surface area contributed by atoms with Crippen molar-refractivity contribution in [2.75, 3.05) is 0 Å². The van der Waals surface area contributed by atoms with Gasteiger partial charge in [0.2, 0.25) is 0 Å². The van der Waals surface area contributed by atoms with Crippen molar-refractivity contribution in [1.29, 1.82) is 0 Å². The van der Waals surface area contributed by atoms with Gasteiger partial charge in [0.15, 0.2) is 5.84 Å². The zero-order chi connectivity index (χ0) is 13.8. The topological polar surface area (TPSA) is 70.6 Å². The van der Waals surface area contributed by atoms with Crippen molar-refractivity contribution < 1.29 is 9.60 Å². The largest absolute Gasteiger partial charge is 0.409 e. The van der Waals surface area contributed by atoms with Crippen LogP contribution in [0.2, 0.25) is 0 Å². The van der Waals surface area contributed by atoms with Crippen LogP contribution in [0.5, 0.6) is 0 Å². The van der Waals surface area contributed by atoms with Crippen LogP contribution in [0.3, 0.4) is 0 Å². The van der Waals surface area contributed by atoms with Crippen LogP contribution in [-0.2, 0) is 6.54 Å². The fourth-order valence-electron chi connectivity index (χ4n) is 2.34. The van der Waals surface area contributed by atoms with Gasteiger partial charge in [0.1, 0.15) is 5.82 Å². The number of hydrogen-bond donors (Lipinski definition) is 3. The molecular formula is C14H20FN3O. The summed E-state index contributed by atoms with van der Waals surface area (Å²) >= 11 is 0. The Hall–Kier alpha value is -1.62. The molecule has 0 heterocycles. The van der Waals surface area contributed by atoms with Crippen molar-refractivity contribution >= 4 is 5.84 Å². The summed E-state index contributed by atoms with van der Waals surface area (Å²) in [6, 6.07) is 5.16. The van der Waals surface area contributed by atoms with E-state index in [1.54, 1.807) is 12.1 Å². The molecule has 1 aliphatic carbocycles. The number of nitrogens with one attached hydrogen (secondary N) is 1. The van der Waals surface area contributed by atoms with Crippen LogP contribution in [-0.4, -0.2) is 17.1 Å². The van der Waals surface area contributed by atoms with Crippen LogP contribution >= 0.6 is 0 Å². The highest BCUT2D eigenvalue weighted by Crippen LogP contribution is 2.34. The van der Waals surface area contributed by atoms with E-state index in [2.05, 4.69) is 17.4 Å². The van der Waals surface area contributed by atoms with E-state index in [0.29, 0.717) is 23.7 Å². The van der Waals surface area contributed by atoms with Crippen LogP contribution in [0.1, 0.15) is 37.3 Å². The van der Waals surface area contributed by atoms with Crippen molar-refractivity contribution in [1.82, 2.24) is 5.32 Å². The highest BCUT2D eigenvalue weighted by molar-refractivity contribution is 5.97. The molecule has 104 valence electrons. The average molecular weight is 265 g/mol. The van der Waals surface area contributed by atoms with Gasteiger partial charge in [-0.1, -0.05) is 30.6 Å². The monoisotopic (exact) mass is 265 g/mol. The summed E-state index contributed by atoms with van der Waals surface area (Å²) < 4.78 is 13.8. The standard InChI is InChI=1S/C14H20FN3O/c1-2-3-9-7-13(9)17-8-11-5-4-10(6-12(11)15)14(16)18-19/h4-6,9,13,17,19H,2-3,7-8H2,1H3,(H2,16,18). The molecule has 0 spiro atoms. The minimum Gasteiger partial charge on any atom is -0.409 e. The lowest BCUT2D eigenvalue weighted by atomic mass is 10.1. The van der Waals surface area contributed by atoms with Gasteiger partial charge in [0.05, 0.1) is 0 Å². The Balaban J connectivity index is 1.91. The van der Waals surface area contributed by atoms with Gasteiger partial charge in [-0.15, -0.1) is 0 Å². The van der Waals surface area contributed by atoms with E-state index >= 15 is 0 Å². The fraction of sp³-hybridized carbons (Fsp3) is 0.500. The third-order valence-electron chi connectivity index (χ3n) is 3.59. The molecule has 2 rings (SSSR count). The van der Waals surface area contributed by atoms with Gasteiger partial charge >= 0.3 is 0 Å². The van der Waals surface area contributed by atoms with Crippen LogP contribution in [0.4, 0.5) is 4.39 Å². The smallest absolute Gasteiger partial charge is 0.170 e. The molecule has 0 bridgehead atoms. The number of halogens is 1. The summed E-state index contributed by atoms with van der Waals surface area (Å²) in [6.07, 6.45) is 3.63. The molecule has 5 heteroatoms. The number of amidine groups is 1. The van der Waals surface area contributed by atoms with Gasteiger partial charge in [-0.3, -0.25) is 0 Å². The zero-order valence-corrected chi connectivity index (χ0v) is 11.1. The molecule has 19 heavy (non-hydrogen) atoms. The summed E-state index contributed by atoms with van der Waals surface area (Å²) in [6.45, 7) is 2.70. The molecule has 1 aliphatic rings. The summed E-state index contributed by atoms with van der Waals surface area (Å²) in [5, 5.41) is 14.8. The van der Waals surface area contributed by atoms with E-state index in [0.717, 1.165) is 5.92 Å². The van der Waals surface area contributed by atoms with E-state index in [1.165, 1.54) is 25.3 Å². The molecule has 1 fully saturated rings. The van der Waals surface area contributed by atoms with Crippen molar-refractivity contribution in [3.05, 3.63) is 35.1 Å². The summed E-state index contributed by atoms with van der Waals surface area (Å²) in [5.74, 6) is 0.345. The Morgan fingerprint density at radius 2 is 2.37 bits per heavy atom. The Morgan fingerprint density at radius 3 is 3.00 bits per heavy atom. The number of benzene rings is 1. The molecule has 0 radical (unpaired) electrons. The molecule has 2 unspecified atom stereocenters. The molecule has 2 atom stereocenters. The van der Waals surface area contributed by atoms with Crippen molar-refractivity contribution in [2.45, 2.75) is 38.8 Å². The number of nitrogens with zero attached hydrogens (tertiary/aromatic N) is 1. The van der Waals surface area contributed by atoms with Crippen LogP contribution < -0.4 is 11.1 Å². The molecule has 0 aromatic heterocycles. The van der Waals surface area contributed by atoms with Gasteiger partial charge in [-0.2, -0.15) is 0 Å². The fourth-order valence-corrected chi connectivity index (χ4v) is 2.34. The van der Waals surface area contributed by atoms with E-state index < -0.39 is 0 Å². The Morgan fingerprint density at radius 1 is 1.58 bits per heavy atom. The number of rotatable bonds is 6. The third kappa shape index (κ3) is 3.44. The SMILES string of the molecule is CCCC1CC1NCc1ccc(/C(N)=N/O)cc1F. The number of hydrogen-bond acceptors (Lipinski definition) is 3. The lowest BCUT2D eigenvalue weighted by Gasteiger charge is -2.07. The van der Waals surface area contributed by atoms with E-state index in [-0.39, 0.29) is 11.7 Å². The van der Waals surface area contributed by atoms with E-state index in [1.807, 2.05) is 0 Å². The second-order valence-corrected chi connectivity index (χ2v) is 5.06. The molecular weight excluding hydrogens is 245 g/mol. The second kappa shape index (κ2) is 6.02. The van der Waals surface area contributed by atoms with Crippen molar-refractivity contribution in [3.63, 3.8) is 0 Å². The molecule has 0 amide bonds. The maximum Gasteiger partial charge on any atom is 0.170 e. The predicted molar refractivity (Wildman–Crippen MR) is 72.6 cm³/mol. The van der Waals surface area contributed by atoms with Gasteiger partial charge in [-0.05, 0) is 24.8 Å². The van der Waals surface area contributed by atoms with Gasteiger partial charge in [-0.25, -0.2) is 4.39 Å². The number of nitrogens with two attached hydrogens (primary N) is 1. The van der Waals surface area contributed by atoms with Crippen molar-refractivity contribution in [2.24, 2.45) is 16.8 Å². The lowest BCUT2D eigenvalue weighted by Crippen LogP contribution is -2.19. The first-order valence-electron chi connectivity index (χ1n) is 6.65. The molecule has 1 aromatic carbocycles. The zero-order valence-electron chi connectivity index (χ0n) is 11.1. The first kappa shape index (κ1) is 13.8. The highest BCUT2D eigenvalue weighted by atomic mass is 19.1. The van der Waals surface area contributed by atoms with E-state index in [4.69, 9.17) is 10.9 Å². The lowest BCUT2D eigenvalue weighted by molar-refractivity contribution is 0.318. The van der Waals surface area contributed by atoms with Crippen LogP contribution in [0, 0.1) is 11.7 Å². The van der Waals surface area contributed by atoms with Crippen LogP contribution in [0.25, 0.3) is 0 Å². The highest BCUT2D eigenvalue weighted by Gasteiger charge is 2.35. The summed E-state index contributed by atoms with van der Waals surface area (Å²) in [4.78, 5) is 0. The first-order valence-corrected chi connectivity index (χ1v) is 6.65. The summed E-state index contributed by atoms with van der Waals surface area (Å²) in [5.41, 5.74) is 6.41. The van der Waals surface area contributed by atoms with Gasteiger partial charge in [0.25, 0.3) is 0 Å². The Labute approximate surface area is 112 Å². The normalized spacial score (nSPS) is 22.5. The maximum absolute atomic E-state index is 13.8. The quantitative estimate of drug-likeness (QED) is 0.319.